The molecule has 2 saturated heterocycles. The summed E-state index contributed by atoms with van der Waals surface area (Å²) in [6.07, 6.45) is 8.66. The van der Waals surface area contributed by atoms with Crippen LogP contribution in [0, 0.1) is 11.8 Å². The maximum atomic E-state index is 12.9. The number of nitrogens with two attached hydrogens (primary N) is 1. The number of anilines is 2. The second-order valence-corrected chi connectivity index (χ2v) is 11.2. The minimum Gasteiger partial charge on any atom is -0.397 e. The quantitative estimate of drug-likeness (QED) is 0.227. The Labute approximate surface area is 267 Å². The molecule has 3 amide bonds. The van der Waals surface area contributed by atoms with Gasteiger partial charge in [0.25, 0.3) is 17.7 Å². The van der Waals surface area contributed by atoms with E-state index < -0.39 is 0 Å². The van der Waals surface area contributed by atoms with Crippen molar-refractivity contribution in [2.75, 3.05) is 50.6 Å². The molecule has 240 valence electrons. The molecule has 2 fully saturated rings. The molecule has 0 saturated carbocycles. The molecular formula is C34H39N7O5. The number of aromatic nitrogens is 3. The standard InChI is InChI=1S/C22H22N4O3.C12H17N3O2/c27-21(17-4-1-6-18-16(17)5-2-10-23-18)26-19-7-3-11-24-20(19)22(28)25-14-15-8-12-29-13-9-15;13-10-2-1-5-14-11(10)12(16)15-8-9-3-6-17-7-4-9/h1-7,10-11,15H,8-9,12-14H2,(H,25,28)(H,26,27);1-2,5,9H,3-4,6-8,13H2,(H,15,16). The number of nitrogen functional groups attached to an aromatic ring is 1. The lowest BCUT2D eigenvalue weighted by Crippen LogP contribution is -2.33. The van der Waals surface area contributed by atoms with Gasteiger partial charge in [-0.25, -0.2) is 9.97 Å². The van der Waals surface area contributed by atoms with Gasteiger partial charge in [0.15, 0.2) is 11.4 Å². The molecule has 0 radical (unpaired) electrons. The molecule has 2 aliphatic heterocycles. The van der Waals surface area contributed by atoms with Gasteiger partial charge in [-0.3, -0.25) is 19.4 Å². The fourth-order valence-electron chi connectivity index (χ4n) is 5.33. The summed E-state index contributed by atoms with van der Waals surface area (Å²) in [6, 6.07) is 15.8. The number of nitrogens with one attached hydrogen (secondary N) is 3. The Morgan fingerprint density at radius 3 is 1.89 bits per heavy atom. The van der Waals surface area contributed by atoms with Gasteiger partial charge in [-0.1, -0.05) is 12.1 Å². The zero-order valence-electron chi connectivity index (χ0n) is 25.6. The zero-order valence-corrected chi connectivity index (χ0v) is 25.6. The molecule has 6 rings (SSSR count). The predicted molar refractivity (Wildman–Crippen MR) is 174 cm³/mol. The largest absolute Gasteiger partial charge is 0.397 e. The Kier molecular flexibility index (Phi) is 11.6. The van der Waals surface area contributed by atoms with Crippen LogP contribution in [0.25, 0.3) is 10.9 Å². The van der Waals surface area contributed by atoms with Gasteiger partial charge in [0, 0.05) is 69.1 Å². The van der Waals surface area contributed by atoms with E-state index in [4.69, 9.17) is 15.2 Å². The smallest absolute Gasteiger partial charge is 0.272 e. The number of carbonyl (C=O) groups is 3. The van der Waals surface area contributed by atoms with Crippen molar-refractivity contribution in [2.24, 2.45) is 11.8 Å². The number of amides is 3. The van der Waals surface area contributed by atoms with E-state index in [2.05, 4.69) is 30.9 Å². The van der Waals surface area contributed by atoms with Crippen LogP contribution in [0.5, 0.6) is 0 Å². The molecule has 5 heterocycles. The Morgan fingerprint density at radius 1 is 0.674 bits per heavy atom. The number of pyridine rings is 3. The van der Waals surface area contributed by atoms with E-state index in [0.29, 0.717) is 47.6 Å². The minimum atomic E-state index is -0.310. The van der Waals surface area contributed by atoms with Crippen molar-refractivity contribution in [2.45, 2.75) is 25.7 Å². The lowest BCUT2D eigenvalue weighted by Gasteiger charge is -2.22. The summed E-state index contributed by atoms with van der Waals surface area (Å²) >= 11 is 0. The van der Waals surface area contributed by atoms with E-state index in [0.717, 1.165) is 63.0 Å². The molecule has 0 bridgehead atoms. The van der Waals surface area contributed by atoms with Crippen molar-refractivity contribution in [1.29, 1.82) is 0 Å². The fourth-order valence-corrected chi connectivity index (χ4v) is 5.33. The number of benzene rings is 1. The second-order valence-electron chi connectivity index (χ2n) is 11.2. The molecule has 0 spiro atoms. The van der Waals surface area contributed by atoms with Gasteiger partial charge in [-0.2, -0.15) is 0 Å². The average Bonchev–Trinajstić information content (AvgIpc) is 3.11. The predicted octanol–water partition coefficient (Wildman–Crippen LogP) is 3.86. The fraction of sp³-hybridized carbons (Fsp3) is 0.353. The topological polar surface area (TPSA) is 170 Å². The highest BCUT2D eigenvalue weighted by molar-refractivity contribution is 6.14. The van der Waals surface area contributed by atoms with Gasteiger partial charge >= 0.3 is 0 Å². The van der Waals surface area contributed by atoms with E-state index in [1.807, 2.05) is 12.1 Å². The van der Waals surface area contributed by atoms with Crippen LogP contribution in [0.15, 0.2) is 73.2 Å². The first-order chi connectivity index (χ1) is 22.5. The summed E-state index contributed by atoms with van der Waals surface area (Å²) in [7, 11) is 0. The lowest BCUT2D eigenvalue weighted by atomic mass is 10.0. The van der Waals surface area contributed by atoms with Gasteiger partial charge < -0.3 is 31.2 Å². The number of hydrogen-bond donors (Lipinski definition) is 4. The minimum absolute atomic E-state index is 0.199. The highest BCUT2D eigenvalue weighted by Gasteiger charge is 2.20. The first-order valence-electron chi connectivity index (χ1n) is 15.5. The Bertz CT molecular complexity index is 1630. The van der Waals surface area contributed by atoms with Crippen molar-refractivity contribution < 1.29 is 23.9 Å². The molecule has 0 atom stereocenters. The van der Waals surface area contributed by atoms with Crippen molar-refractivity contribution in [3.63, 3.8) is 0 Å². The molecule has 5 N–H and O–H groups in total. The molecule has 46 heavy (non-hydrogen) atoms. The molecule has 12 nitrogen and oxygen atoms in total. The first-order valence-corrected chi connectivity index (χ1v) is 15.5. The van der Waals surface area contributed by atoms with Crippen LogP contribution in [-0.2, 0) is 9.47 Å². The van der Waals surface area contributed by atoms with E-state index in [1.54, 1.807) is 61.1 Å². The molecule has 1 aromatic carbocycles. The summed E-state index contributed by atoms with van der Waals surface area (Å²) in [5, 5.41) is 9.39. The maximum Gasteiger partial charge on any atom is 0.272 e. The van der Waals surface area contributed by atoms with Crippen LogP contribution in [0.4, 0.5) is 11.4 Å². The van der Waals surface area contributed by atoms with Gasteiger partial charge in [-0.15, -0.1) is 0 Å². The van der Waals surface area contributed by atoms with Crippen molar-refractivity contribution in [3.05, 3.63) is 90.1 Å². The number of carbonyl (C=O) groups excluding carboxylic acids is 3. The van der Waals surface area contributed by atoms with E-state index in [9.17, 15) is 14.4 Å². The Morgan fingerprint density at radius 2 is 1.24 bits per heavy atom. The average molecular weight is 626 g/mol. The maximum absolute atomic E-state index is 12.9. The highest BCUT2D eigenvalue weighted by Crippen LogP contribution is 2.20. The van der Waals surface area contributed by atoms with Gasteiger partial charge in [-0.05, 0) is 80.0 Å². The number of hydrogen-bond acceptors (Lipinski definition) is 9. The van der Waals surface area contributed by atoms with Crippen LogP contribution in [0.1, 0.15) is 57.0 Å². The Balaban J connectivity index is 0.000000209. The zero-order chi connectivity index (χ0) is 32.1. The van der Waals surface area contributed by atoms with E-state index in [1.165, 1.54) is 0 Å². The van der Waals surface area contributed by atoms with Crippen molar-refractivity contribution >= 4 is 40.0 Å². The summed E-state index contributed by atoms with van der Waals surface area (Å²) in [4.78, 5) is 49.8. The summed E-state index contributed by atoms with van der Waals surface area (Å²) in [5.41, 5.74) is 8.21. The summed E-state index contributed by atoms with van der Waals surface area (Å²) < 4.78 is 10.6. The van der Waals surface area contributed by atoms with Crippen molar-refractivity contribution in [1.82, 2.24) is 25.6 Å². The van der Waals surface area contributed by atoms with Crippen LogP contribution in [-0.4, -0.2) is 72.2 Å². The lowest BCUT2D eigenvalue weighted by molar-refractivity contribution is 0.0642. The number of rotatable bonds is 8. The van der Waals surface area contributed by atoms with E-state index >= 15 is 0 Å². The molecule has 2 aliphatic rings. The number of nitrogens with zero attached hydrogens (tertiary/aromatic N) is 3. The third kappa shape index (κ3) is 8.83. The normalized spacial score (nSPS) is 15.3. The molecule has 0 aliphatic carbocycles. The van der Waals surface area contributed by atoms with Gasteiger partial charge in [0.2, 0.25) is 0 Å². The third-order valence-corrected chi connectivity index (χ3v) is 8.00. The highest BCUT2D eigenvalue weighted by atomic mass is 16.5. The van der Waals surface area contributed by atoms with Gasteiger partial charge in [0.05, 0.1) is 16.9 Å². The third-order valence-electron chi connectivity index (χ3n) is 8.00. The molecular weight excluding hydrogens is 586 g/mol. The van der Waals surface area contributed by atoms with Crippen LogP contribution < -0.4 is 21.7 Å². The molecule has 4 aromatic rings. The van der Waals surface area contributed by atoms with Crippen LogP contribution in [0.3, 0.4) is 0 Å². The number of fused-ring (bicyclic) bond motifs is 1. The van der Waals surface area contributed by atoms with Gasteiger partial charge in [0.1, 0.15) is 0 Å². The van der Waals surface area contributed by atoms with Crippen LogP contribution >= 0.6 is 0 Å². The van der Waals surface area contributed by atoms with E-state index in [-0.39, 0.29) is 23.4 Å². The summed E-state index contributed by atoms with van der Waals surface area (Å²) in [5.74, 6) is 0.0897. The first kappa shape index (κ1) is 32.5. The summed E-state index contributed by atoms with van der Waals surface area (Å²) in [6.45, 7) is 4.26. The molecule has 0 unspecified atom stereocenters. The number of ether oxygens (including phenoxy) is 2. The Hall–Kier alpha value is -4.94. The van der Waals surface area contributed by atoms with Crippen molar-refractivity contribution in [3.8, 4) is 0 Å². The monoisotopic (exact) mass is 625 g/mol. The molecule has 3 aromatic heterocycles. The van der Waals surface area contributed by atoms with Crippen LogP contribution in [0.2, 0.25) is 0 Å². The SMILES string of the molecule is Nc1cccnc1C(=O)NCC1CCOCC1.O=C(NCC1CCOCC1)c1ncccc1NC(=O)c1cccc2ncccc12. The molecule has 12 heteroatoms. The second kappa shape index (κ2) is 16.4.